The van der Waals surface area contributed by atoms with Gasteiger partial charge in [0.05, 0.1) is 0 Å². The summed E-state index contributed by atoms with van der Waals surface area (Å²) in [6, 6.07) is 1.94. The van der Waals surface area contributed by atoms with E-state index in [1.165, 1.54) is 36.9 Å². The molecule has 0 radical (unpaired) electrons. The molecule has 1 fully saturated rings. The lowest BCUT2D eigenvalue weighted by Gasteiger charge is -2.26. The normalized spacial score (nSPS) is 16.9. The Hall–Kier alpha value is -1.62. The number of nitrogens with zero attached hydrogens (tertiary/aromatic N) is 3. The third-order valence-corrected chi connectivity index (χ3v) is 4.07. The molecule has 3 heterocycles. The predicted molar refractivity (Wildman–Crippen MR) is 77.9 cm³/mol. The number of piperidine rings is 1. The first-order valence-corrected chi connectivity index (χ1v) is 7.41. The van der Waals surface area contributed by atoms with Crippen LogP contribution in [0.4, 0.5) is 0 Å². The fourth-order valence-electron chi connectivity index (χ4n) is 2.88. The molecule has 3 rings (SSSR count). The molecule has 2 aromatic heterocycles. The summed E-state index contributed by atoms with van der Waals surface area (Å²) in [4.78, 5) is 18.3. The van der Waals surface area contributed by atoms with E-state index in [1.807, 2.05) is 12.3 Å². The van der Waals surface area contributed by atoms with Gasteiger partial charge in [0.25, 0.3) is 0 Å². The van der Waals surface area contributed by atoms with Crippen molar-refractivity contribution in [2.45, 2.75) is 32.1 Å². The smallest absolute Gasteiger partial charge is 0.406 e. The summed E-state index contributed by atoms with van der Waals surface area (Å²) >= 11 is 0. The zero-order chi connectivity index (χ0) is 13.9. The zero-order valence-electron chi connectivity index (χ0n) is 12.0. The van der Waals surface area contributed by atoms with Crippen molar-refractivity contribution in [3.63, 3.8) is 0 Å². The van der Waals surface area contributed by atoms with E-state index in [-0.39, 0.29) is 5.76 Å². The van der Waals surface area contributed by atoms with Gasteiger partial charge in [-0.3, -0.25) is 4.57 Å². The van der Waals surface area contributed by atoms with E-state index in [0.29, 0.717) is 11.2 Å². The minimum Gasteiger partial charge on any atom is -0.406 e. The quantitative estimate of drug-likeness (QED) is 0.855. The molecule has 0 aliphatic carbocycles. The highest BCUT2D eigenvalue weighted by Crippen LogP contribution is 2.14. The molecule has 1 saturated heterocycles. The predicted octanol–water partition coefficient (Wildman–Crippen LogP) is 1.95. The SMILES string of the molecule is Cn1c(=O)oc2cc(CCCN3CCCCC3)cnc21. The second-order valence-electron chi connectivity index (χ2n) is 5.60. The maximum Gasteiger partial charge on any atom is 0.420 e. The molecule has 0 saturated carbocycles. The van der Waals surface area contributed by atoms with Gasteiger partial charge >= 0.3 is 5.76 Å². The Morgan fingerprint density at radius 3 is 2.90 bits per heavy atom. The molecule has 0 aromatic carbocycles. The number of hydrogen-bond acceptors (Lipinski definition) is 4. The second kappa shape index (κ2) is 5.79. The molecule has 108 valence electrons. The molecule has 0 unspecified atom stereocenters. The lowest BCUT2D eigenvalue weighted by Crippen LogP contribution is -2.30. The Balaban J connectivity index is 1.61. The van der Waals surface area contributed by atoms with E-state index < -0.39 is 0 Å². The summed E-state index contributed by atoms with van der Waals surface area (Å²) < 4.78 is 6.61. The highest BCUT2D eigenvalue weighted by atomic mass is 16.4. The van der Waals surface area contributed by atoms with E-state index in [2.05, 4.69) is 9.88 Å². The van der Waals surface area contributed by atoms with E-state index >= 15 is 0 Å². The average molecular weight is 275 g/mol. The summed E-state index contributed by atoms with van der Waals surface area (Å²) in [5, 5.41) is 0. The number of rotatable bonds is 4. The second-order valence-corrected chi connectivity index (χ2v) is 5.60. The van der Waals surface area contributed by atoms with Gasteiger partial charge in [-0.1, -0.05) is 6.42 Å². The van der Waals surface area contributed by atoms with Crippen LogP contribution in [0.2, 0.25) is 0 Å². The third-order valence-electron chi connectivity index (χ3n) is 4.07. The zero-order valence-corrected chi connectivity index (χ0v) is 12.0. The van der Waals surface area contributed by atoms with Crippen LogP contribution in [0.1, 0.15) is 31.2 Å². The van der Waals surface area contributed by atoms with Crippen molar-refractivity contribution in [2.75, 3.05) is 19.6 Å². The molecule has 0 atom stereocenters. The third kappa shape index (κ3) is 2.77. The minimum atomic E-state index is -0.349. The average Bonchev–Trinajstić information content (AvgIpc) is 2.75. The van der Waals surface area contributed by atoms with E-state index in [9.17, 15) is 4.79 Å². The highest BCUT2D eigenvalue weighted by molar-refractivity contribution is 5.68. The Bertz CT molecular complexity index is 638. The fraction of sp³-hybridized carbons (Fsp3) is 0.600. The standard InChI is InChI=1S/C15H21N3O2/c1-17-14-13(20-15(17)19)10-12(11-16-14)6-5-9-18-7-3-2-4-8-18/h10-11H,2-9H2,1H3. The molecule has 0 spiro atoms. The van der Waals surface area contributed by atoms with E-state index in [0.717, 1.165) is 24.9 Å². The van der Waals surface area contributed by atoms with Gasteiger partial charge in [0.2, 0.25) is 0 Å². The Morgan fingerprint density at radius 2 is 2.10 bits per heavy atom. The Labute approximate surface area is 118 Å². The molecule has 5 heteroatoms. The van der Waals surface area contributed by atoms with Crippen LogP contribution < -0.4 is 5.76 Å². The molecule has 2 aromatic rings. The van der Waals surface area contributed by atoms with Crippen LogP contribution in [0.15, 0.2) is 21.5 Å². The summed E-state index contributed by atoms with van der Waals surface area (Å²) in [5.41, 5.74) is 2.35. The molecular weight excluding hydrogens is 254 g/mol. The van der Waals surface area contributed by atoms with Crippen molar-refractivity contribution in [2.24, 2.45) is 7.05 Å². The van der Waals surface area contributed by atoms with Crippen LogP contribution in [0.5, 0.6) is 0 Å². The van der Waals surface area contributed by atoms with Gasteiger partial charge in [-0.2, -0.15) is 0 Å². The summed E-state index contributed by atoms with van der Waals surface area (Å²) in [6.07, 6.45) is 8.02. The molecule has 1 aliphatic heterocycles. The number of fused-ring (bicyclic) bond motifs is 1. The summed E-state index contributed by atoms with van der Waals surface area (Å²) in [7, 11) is 1.68. The highest BCUT2D eigenvalue weighted by Gasteiger charge is 2.10. The van der Waals surface area contributed by atoms with Gasteiger partial charge in [-0.25, -0.2) is 9.78 Å². The van der Waals surface area contributed by atoms with E-state index in [1.54, 1.807) is 7.05 Å². The fourth-order valence-corrected chi connectivity index (χ4v) is 2.88. The number of pyridine rings is 1. The number of aryl methyl sites for hydroxylation is 2. The first-order chi connectivity index (χ1) is 9.74. The Kier molecular flexibility index (Phi) is 3.87. The first-order valence-electron chi connectivity index (χ1n) is 7.41. The van der Waals surface area contributed by atoms with Crippen LogP contribution >= 0.6 is 0 Å². The molecular formula is C15H21N3O2. The van der Waals surface area contributed by atoms with Crippen LogP contribution in [0, 0.1) is 0 Å². The van der Waals surface area contributed by atoms with Gasteiger partial charge in [-0.15, -0.1) is 0 Å². The molecule has 1 aliphatic rings. The van der Waals surface area contributed by atoms with Crippen molar-refractivity contribution >= 4 is 11.2 Å². The van der Waals surface area contributed by atoms with Crippen molar-refractivity contribution in [3.05, 3.63) is 28.4 Å². The topological polar surface area (TPSA) is 51.3 Å². The lowest BCUT2D eigenvalue weighted by molar-refractivity contribution is 0.226. The van der Waals surface area contributed by atoms with Gasteiger partial charge in [-0.05, 0) is 56.9 Å². The Morgan fingerprint density at radius 1 is 1.30 bits per heavy atom. The van der Waals surface area contributed by atoms with Crippen LogP contribution in [0.25, 0.3) is 11.2 Å². The largest absolute Gasteiger partial charge is 0.420 e. The lowest BCUT2D eigenvalue weighted by atomic mass is 10.1. The van der Waals surface area contributed by atoms with Gasteiger partial charge in [0.1, 0.15) is 0 Å². The van der Waals surface area contributed by atoms with E-state index in [4.69, 9.17) is 4.42 Å². The molecule has 0 N–H and O–H groups in total. The van der Waals surface area contributed by atoms with Crippen molar-refractivity contribution in [3.8, 4) is 0 Å². The van der Waals surface area contributed by atoms with Crippen molar-refractivity contribution < 1.29 is 4.42 Å². The number of likely N-dealkylation sites (tertiary alicyclic amines) is 1. The molecule has 0 amide bonds. The van der Waals surface area contributed by atoms with Crippen molar-refractivity contribution in [1.29, 1.82) is 0 Å². The number of hydrogen-bond donors (Lipinski definition) is 0. The van der Waals surface area contributed by atoms with Gasteiger partial charge in [0, 0.05) is 13.2 Å². The van der Waals surface area contributed by atoms with Crippen LogP contribution in [0.3, 0.4) is 0 Å². The number of oxazole rings is 1. The van der Waals surface area contributed by atoms with Crippen molar-refractivity contribution in [1.82, 2.24) is 14.5 Å². The summed E-state index contributed by atoms with van der Waals surface area (Å²) in [5.74, 6) is -0.349. The molecule has 5 nitrogen and oxygen atoms in total. The minimum absolute atomic E-state index is 0.349. The molecule has 0 bridgehead atoms. The monoisotopic (exact) mass is 275 g/mol. The first kappa shape index (κ1) is 13.4. The number of aromatic nitrogens is 2. The molecule has 20 heavy (non-hydrogen) atoms. The maximum absolute atomic E-state index is 11.4. The van der Waals surface area contributed by atoms with Gasteiger partial charge in [0.15, 0.2) is 11.2 Å². The van der Waals surface area contributed by atoms with Gasteiger partial charge < -0.3 is 9.32 Å². The maximum atomic E-state index is 11.4. The summed E-state index contributed by atoms with van der Waals surface area (Å²) in [6.45, 7) is 3.63. The van der Waals surface area contributed by atoms with Crippen LogP contribution in [-0.2, 0) is 13.5 Å². The van der Waals surface area contributed by atoms with Crippen LogP contribution in [-0.4, -0.2) is 34.1 Å².